The summed E-state index contributed by atoms with van der Waals surface area (Å²) < 4.78 is 33.4. The van der Waals surface area contributed by atoms with Crippen molar-refractivity contribution in [2.45, 2.75) is 48.4 Å². The highest BCUT2D eigenvalue weighted by Crippen LogP contribution is 2.28. The second kappa shape index (κ2) is 10.1. The molecule has 4 rings (SSSR count). The van der Waals surface area contributed by atoms with Gasteiger partial charge in [0.05, 0.1) is 4.90 Å². The molecule has 1 atom stereocenters. The second-order valence-corrected chi connectivity index (χ2v) is 10.6. The number of sulfonamides is 1. The lowest BCUT2D eigenvalue weighted by Gasteiger charge is -2.34. The molecule has 8 nitrogen and oxygen atoms in total. The maximum absolute atomic E-state index is 13.1. The number of benzene rings is 2. The Bertz CT molecular complexity index is 1230. The standard InChI is InChI=1S/C23H26N4O4S2/c1-3-18-8-4-5-14-27(18)33(29,30)20-12-10-16(11-13-20)21(28)24-23-26-25-22(31-23)17-7-6-9-19(15-17)32-2/h6-7,9-13,15,18H,3-5,8,14H2,1-2H3,(H,24,26,28). The van der Waals surface area contributed by atoms with Crippen LogP contribution in [0.15, 0.2) is 62.7 Å². The highest BCUT2D eigenvalue weighted by atomic mass is 32.2. The molecule has 2 heterocycles. The molecule has 1 fully saturated rings. The number of piperidine rings is 1. The topological polar surface area (TPSA) is 105 Å². The van der Waals surface area contributed by atoms with Crippen molar-refractivity contribution >= 4 is 33.7 Å². The summed E-state index contributed by atoms with van der Waals surface area (Å²) in [5, 5.41) is 10.5. The lowest BCUT2D eigenvalue weighted by molar-refractivity contribution is 0.102. The number of anilines is 1. The molecule has 1 saturated heterocycles. The van der Waals surface area contributed by atoms with Crippen molar-refractivity contribution in [3.63, 3.8) is 0 Å². The van der Waals surface area contributed by atoms with Crippen LogP contribution in [0, 0.1) is 0 Å². The summed E-state index contributed by atoms with van der Waals surface area (Å²) >= 11 is 1.60. The van der Waals surface area contributed by atoms with E-state index in [4.69, 9.17) is 4.42 Å². The summed E-state index contributed by atoms with van der Waals surface area (Å²) in [7, 11) is -3.60. The molecule has 10 heteroatoms. The Kier molecular flexibility index (Phi) is 7.16. The van der Waals surface area contributed by atoms with Gasteiger partial charge in [-0.15, -0.1) is 16.9 Å². The van der Waals surface area contributed by atoms with Crippen LogP contribution >= 0.6 is 11.8 Å². The van der Waals surface area contributed by atoms with Gasteiger partial charge in [0.15, 0.2) is 0 Å². The zero-order chi connectivity index (χ0) is 23.4. The number of carbonyl (C=O) groups is 1. The maximum Gasteiger partial charge on any atom is 0.322 e. The molecule has 1 aromatic heterocycles. The van der Waals surface area contributed by atoms with E-state index in [9.17, 15) is 13.2 Å². The molecule has 0 aliphatic carbocycles. The predicted octanol–water partition coefficient (Wildman–Crippen LogP) is 4.66. The van der Waals surface area contributed by atoms with Crippen LogP contribution in [0.4, 0.5) is 6.01 Å². The Balaban J connectivity index is 1.46. The van der Waals surface area contributed by atoms with Crippen molar-refractivity contribution in [3.8, 4) is 11.5 Å². The molecule has 0 spiro atoms. The van der Waals surface area contributed by atoms with E-state index in [0.717, 1.165) is 36.1 Å². The third-order valence-electron chi connectivity index (χ3n) is 5.73. The highest BCUT2D eigenvalue weighted by Gasteiger charge is 2.32. The van der Waals surface area contributed by atoms with Crippen LogP contribution in [0.1, 0.15) is 43.0 Å². The van der Waals surface area contributed by atoms with Gasteiger partial charge in [0.2, 0.25) is 15.9 Å². The molecular weight excluding hydrogens is 460 g/mol. The van der Waals surface area contributed by atoms with Crippen molar-refractivity contribution in [1.82, 2.24) is 14.5 Å². The largest absolute Gasteiger partial charge is 0.403 e. The fraction of sp³-hybridized carbons (Fsp3) is 0.348. The molecule has 1 aliphatic rings. The number of thioether (sulfide) groups is 1. The summed E-state index contributed by atoms with van der Waals surface area (Å²) in [6.07, 6.45) is 5.55. The van der Waals surface area contributed by atoms with Crippen LogP contribution < -0.4 is 5.32 Å². The summed E-state index contributed by atoms with van der Waals surface area (Å²) in [5.41, 5.74) is 1.05. The van der Waals surface area contributed by atoms with E-state index in [0.29, 0.717) is 18.0 Å². The fourth-order valence-corrected chi connectivity index (χ4v) is 6.15. The third kappa shape index (κ3) is 5.13. The van der Waals surface area contributed by atoms with Gasteiger partial charge in [0, 0.05) is 28.6 Å². The van der Waals surface area contributed by atoms with Gasteiger partial charge in [-0.2, -0.15) is 4.31 Å². The smallest absolute Gasteiger partial charge is 0.322 e. The minimum Gasteiger partial charge on any atom is -0.403 e. The van der Waals surface area contributed by atoms with Crippen molar-refractivity contribution in [2.75, 3.05) is 18.1 Å². The molecule has 2 aromatic carbocycles. The average molecular weight is 487 g/mol. The van der Waals surface area contributed by atoms with Gasteiger partial charge in [-0.25, -0.2) is 8.42 Å². The molecule has 1 aliphatic heterocycles. The van der Waals surface area contributed by atoms with Crippen molar-refractivity contribution in [1.29, 1.82) is 0 Å². The number of amides is 1. The third-order valence-corrected chi connectivity index (χ3v) is 8.42. The monoisotopic (exact) mass is 486 g/mol. The van der Waals surface area contributed by atoms with Crippen LogP contribution in [0.2, 0.25) is 0 Å². The predicted molar refractivity (Wildman–Crippen MR) is 128 cm³/mol. The van der Waals surface area contributed by atoms with Crippen LogP contribution in [-0.2, 0) is 10.0 Å². The van der Waals surface area contributed by atoms with E-state index in [1.165, 1.54) is 24.3 Å². The number of carbonyl (C=O) groups excluding carboxylic acids is 1. The maximum atomic E-state index is 13.1. The molecular formula is C23H26N4O4S2. The van der Waals surface area contributed by atoms with E-state index in [2.05, 4.69) is 15.5 Å². The minimum absolute atomic E-state index is 0.0232. The summed E-state index contributed by atoms with van der Waals surface area (Å²) in [6.45, 7) is 2.54. The second-order valence-electron chi connectivity index (χ2n) is 7.80. The molecule has 0 bridgehead atoms. The number of aromatic nitrogens is 2. The molecule has 33 heavy (non-hydrogen) atoms. The lowest BCUT2D eigenvalue weighted by Crippen LogP contribution is -2.43. The number of hydrogen-bond acceptors (Lipinski definition) is 7. The average Bonchev–Trinajstić information content (AvgIpc) is 3.32. The van der Waals surface area contributed by atoms with E-state index < -0.39 is 15.9 Å². The number of nitrogens with one attached hydrogen (secondary N) is 1. The fourth-order valence-electron chi connectivity index (χ4n) is 3.93. The van der Waals surface area contributed by atoms with Crippen LogP contribution in [0.25, 0.3) is 11.5 Å². The first-order valence-corrected chi connectivity index (χ1v) is 13.5. The van der Waals surface area contributed by atoms with Crippen LogP contribution in [-0.4, -0.2) is 47.7 Å². The van der Waals surface area contributed by atoms with Gasteiger partial charge < -0.3 is 4.42 Å². The van der Waals surface area contributed by atoms with Crippen LogP contribution in [0.5, 0.6) is 0 Å². The molecule has 0 saturated carbocycles. The Morgan fingerprint density at radius 3 is 2.70 bits per heavy atom. The first kappa shape index (κ1) is 23.5. The number of nitrogens with zero attached hydrogens (tertiary/aromatic N) is 3. The first-order chi connectivity index (χ1) is 15.9. The molecule has 1 N–H and O–H groups in total. The van der Waals surface area contributed by atoms with Crippen LogP contribution in [0.3, 0.4) is 0 Å². The van der Waals surface area contributed by atoms with Gasteiger partial charge in [0.1, 0.15) is 0 Å². The van der Waals surface area contributed by atoms with Crippen molar-refractivity contribution < 1.29 is 17.6 Å². The Hall–Kier alpha value is -2.69. The lowest BCUT2D eigenvalue weighted by atomic mass is 10.0. The summed E-state index contributed by atoms with van der Waals surface area (Å²) in [5.74, 6) is -0.161. The number of rotatable bonds is 7. The number of hydrogen-bond donors (Lipinski definition) is 1. The molecule has 1 amide bonds. The van der Waals surface area contributed by atoms with E-state index in [1.54, 1.807) is 16.1 Å². The Labute approximate surface area is 197 Å². The molecule has 1 unspecified atom stereocenters. The Morgan fingerprint density at radius 1 is 1.18 bits per heavy atom. The zero-order valence-corrected chi connectivity index (χ0v) is 20.2. The van der Waals surface area contributed by atoms with Gasteiger partial charge in [-0.3, -0.25) is 10.1 Å². The highest BCUT2D eigenvalue weighted by molar-refractivity contribution is 7.98. The minimum atomic E-state index is -3.60. The van der Waals surface area contributed by atoms with Crippen molar-refractivity contribution in [3.05, 3.63) is 54.1 Å². The summed E-state index contributed by atoms with van der Waals surface area (Å²) in [4.78, 5) is 13.9. The van der Waals surface area contributed by atoms with Gasteiger partial charge in [-0.1, -0.05) is 24.5 Å². The molecule has 174 valence electrons. The van der Waals surface area contributed by atoms with Crippen molar-refractivity contribution in [2.24, 2.45) is 0 Å². The normalized spacial score (nSPS) is 17.1. The van der Waals surface area contributed by atoms with E-state index in [1.807, 2.05) is 37.4 Å². The van der Waals surface area contributed by atoms with Gasteiger partial charge in [-0.05, 0) is 68.0 Å². The molecule has 3 aromatic rings. The zero-order valence-electron chi connectivity index (χ0n) is 18.5. The Morgan fingerprint density at radius 2 is 1.97 bits per heavy atom. The summed E-state index contributed by atoms with van der Waals surface area (Å²) in [6, 6.07) is 13.6. The molecule has 0 radical (unpaired) electrons. The van der Waals surface area contributed by atoms with E-state index >= 15 is 0 Å². The van der Waals surface area contributed by atoms with Gasteiger partial charge >= 0.3 is 6.01 Å². The van der Waals surface area contributed by atoms with Gasteiger partial charge in [0.25, 0.3) is 5.91 Å². The van der Waals surface area contributed by atoms with E-state index in [-0.39, 0.29) is 17.0 Å². The first-order valence-electron chi connectivity index (χ1n) is 10.8. The SMILES string of the molecule is CCC1CCCCN1S(=O)(=O)c1ccc(C(=O)Nc2nnc(-c3cccc(SC)c3)o2)cc1. The quantitative estimate of drug-likeness (QED) is 0.484.